The van der Waals surface area contributed by atoms with E-state index in [4.69, 9.17) is 12.3 Å². The van der Waals surface area contributed by atoms with Gasteiger partial charge in [0.1, 0.15) is 0 Å². The molecule has 288 valence electrons. The molecule has 0 saturated carbocycles. The minimum atomic E-state index is -3.94. The van der Waals surface area contributed by atoms with Gasteiger partial charge in [-0.05, 0) is 0 Å². The van der Waals surface area contributed by atoms with Crippen LogP contribution in [0.3, 0.4) is 0 Å². The molecule has 5 nitrogen and oxygen atoms in total. The average molecular weight is 897 g/mol. The van der Waals surface area contributed by atoms with Crippen molar-refractivity contribution in [2.24, 2.45) is 0 Å². The number of hydrogen-bond acceptors (Lipinski definition) is 5. The Balaban J connectivity index is 6.37. The maximum atomic E-state index is 13.5. The van der Waals surface area contributed by atoms with Gasteiger partial charge in [-0.25, -0.2) is 0 Å². The molecule has 0 radical (unpaired) electrons. The van der Waals surface area contributed by atoms with Crippen LogP contribution in [0.1, 0.15) is 221 Å². The summed E-state index contributed by atoms with van der Waals surface area (Å²) >= 11 is -7.56. The summed E-state index contributed by atoms with van der Waals surface area (Å²) in [5.41, 5.74) is 0. The standard InChI is InChI=1S/4C8H17.C5H10O3.C4H9O.O.2Sn/c4*1-3-5-7-8-6-4-2;1-2-3-4-8-5(6)7;1-2-3-4-5;;;/h4*1,3-8H2,2H3;2-4H2,1H3,(H,6,7);2-4H2,1H3;;;/q;;;;;-1;;2*+1/p-1. The number of hydrogen-bond donors (Lipinski definition) is 0. The number of carbonyl (C=O) groups excluding carboxylic acids is 1. The van der Waals surface area contributed by atoms with Gasteiger partial charge in [-0.3, -0.25) is 0 Å². The third-order valence-electron chi connectivity index (χ3n) is 9.87. The van der Waals surface area contributed by atoms with E-state index in [-0.39, 0.29) is 0 Å². The van der Waals surface area contributed by atoms with Gasteiger partial charge in [-0.2, -0.15) is 0 Å². The van der Waals surface area contributed by atoms with E-state index < -0.39 is 44.6 Å². The van der Waals surface area contributed by atoms with E-state index >= 15 is 0 Å². The first kappa shape index (κ1) is 48.8. The zero-order chi connectivity index (χ0) is 35.4. The van der Waals surface area contributed by atoms with Crippen molar-refractivity contribution < 1.29 is 17.1 Å². The fourth-order valence-corrected chi connectivity index (χ4v) is 47.1. The Labute approximate surface area is 311 Å². The molecular formula is C41H86O5Sn2. The van der Waals surface area contributed by atoms with Crippen LogP contribution in [0, 0.1) is 0 Å². The van der Waals surface area contributed by atoms with Crippen LogP contribution in [0.5, 0.6) is 0 Å². The summed E-state index contributed by atoms with van der Waals surface area (Å²) in [5.74, 6) is 0. The first-order valence-electron chi connectivity index (χ1n) is 21.7. The fraction of sp³-hybridized carbons (Fsp3) is 0.976. The summed E-state index contributed by atoms with van der Waals surface area (Å²) in [6.07, 6.45) is 34.1. The van der Waals surface area contributed by atoms with Gasteiger partial charge in [0, 0.05) is 0 Å². The number of carbonyl (C=O) groups is 1. The van der Waals surface area contributed by atoms with Crippen LogP contribution < -0.4 is 0 Å². The van der Waals surface area contributed by atoms with Gasteiger partial charge < -0.3 is 0 Å². The van der Waals surface area contributed by atoms with Crippen LogP contribution in [-0.4, -0.2) is 57.8 Å². The summed E-state index contributed by atoms with van der Waals surface area (Å²) in [7, 11) is 0. The van der Waals surface area contributed by atoms with E-state index in [2.05, 4.69) is 41.5 Å². The predicted molar refractivity (Wildman–Crippen MR) is 214 cm³/mol. The van der Waals surface area contributed by atoms with Crippen molar-refractivity contribution in [1.82, 2.24) is 0 Å². The summed E-state index contributed by atoms with van der Waals surface area (Å²) in [5, 5.41) is 0. The van der Waals surface area contributed by atoms with Gasteiger partial charge >= 0.3 is 314 Å². The molecule has 0 unspecified atom stereocenters. The summed E-state index contributed by atoms with van der Waals surface area (Å²) in [6.45, 7) is 14.8. The molecule has 0 aromatic heterocycles. The first-order chi connectivity index (χ1) is 23.5. The van der Waals surface area contributed by atoms with Crippen LogP contribution in [0.15, 0.2) is 0 Å². The Morgan fingerprint density at radius 2 is 0.688 bits per heavy atom. The summed E-state index contributed by atoms with van der Waals surface area (Å²) in [6, 6.07) is 0. The molecule has 0 atom stereocenters. The van der Waals surface area contributed by atoms with Crippen molar-refractivity contribution in [3.8, 4) is 0 Å². The van der Waals surface area contributed by atoms with Crippen molar-refractivity contribution >= 4 is 44.6 Å². The number of unbranched alkanes of at least 4 members (excludes halogenated alkanes) is 22. The van der Waals surface area contributed by atoms with Gasteiger partial charge in [-0.1, -0.05) is 0 Å². The molecule has 0 rings (SSSR count). The molecule has 0 N–H and O–H groups in total. The number of rotatable bonds is 38. The molecule has 0 heterocycles. The van der Waals surface area contributed by atoms with Crippen LogP contribution in [-0.2, 0) is 12.3 Å². The second-order valence-corrected chi connectivity index (χ2v) is 36.8. The second-order valence-electron chi connectivity index (χ2n) is 14.8. The molecular weight excluding hydrogens is 810 g/mol. The molecule has 0 aliphatic rings. The van der Waals surface area contributed by atoms with Crippen LogP contribution in [0.4, 0.5) is 4.79 Å². The molecule has 48 heavy (non-hydrogen) atoms. The van der Waals surface area contributed by atoms with Gasteiger partial charge in [0.25, 0.3) is 0 Å². The van der Waals surface area contributed by atoms with Crippen molar-refractivity contribution in [3.05, 3.63) is 0 Å². The SMILES string of the molecule is CCCCCCC[CH2][Sn]([CH2]CCCCCCC)([O]CCCC)[O][Sn]([CH2]CCCCCCC)([CH2]CCCCCCC)[O]C(=O)OCCCC. The Morgan fingerprint density at radius 1 is 0.375 bits per heavy atom. The minimum absolute atomic E-state index is 0.441. The Kier molecular flexibility index (Phi) is 36.8. The van der Waals surface area contributed by atoms with Crippen molar-refractivity contribution in [2.45, 2.75) is 239 Å². The van der Waals surface area contributed by atoms with Gasteiger partial charge in [0.2, 0.25) is 0 Å². The predicted octanol–water partition coefficient (Wildman–Crippen LogP) is 15.1. The topological polar surface area (TPSA) is 54.0 Å². The number of ether oxygens (including phenoxy) is 1. The van der Waals surface area contributed by atoms with Gasteiger partial charge in [-0.15, -0.1) is 0 Å². The molecule has 0 spiro atoms. The molecule has 0 aromatic rings. The van der Waals surface area contributed by atoms with Crippen molar-refractivity contribution in [1.29, 1.82) is 0 Å². The van der Waals surface area contributed by atoms with Gasteiger partial charge in [0.15, 0.2) is 0 Å². The maximum absolute atomic E-state index is 13.5. The van der Waals surface area contributed by atoms with Crippen molar-refractivity contribution in [2.75, 3.05) is 13.2 Å². The van der Waals surface area contributed by atoms with Crippen LogP contribution >= 0.6 is 0 Å². The summed E-state index contributed by atoms with van der Waals surface area (Å²) < 4.78 is 31.7. The Hall–Kier alpha value is 0.787. The molecule has 0 bridgehead atoms. The third kappa shape index (κ3) is 28.4. The van der Waals surface area contributed by atoms with Crippen LogP contribution in [0.25, 0.3) is 0 Å². The molecule has 0 amide bonds. The van der Waals surface area contributed by atoms with E-state index in [1.54, 1.807) is 0 Å². The van der Waals surface area contributed by atoms with Gasteiger partial charge in [0.05, 0.1) is 0 Å². The van der Waals surface area contributed by atoms with E-state index in [1.807, 2.05) is 0 Å². The van der Waals surface area contributed by atoms with E-state index in [9.17, 15) is 4.79 Å². The third-order valence-corrected chi connectivity index (χ3v) is 42.6. The molecule has 7 heteroatoms. The normalized spacial score (nSPS) is 12.1. The Bertz CT molecular complexity index is 645. The average Bonchev–Trinajstić information content (AvgIpc) is 3.07. The Morgan fingerprint density at radius 3 is 1.06 bits per heavy atom. The zero-order valence-corrected chi connectivity index (χ0v) is 39.3. The molecule has 0 aliphatic heterocycles. The first-order valence-corrected chi connectivity index (χ1v) is 34.4. The molecule has 0 fully saturated rings. The van der Waals surface area contributed by atoms with Crippen LogP contribution in [0.2, 0.25) is 17.7 Å². The molecule has 0 aromatic carbocycles. The molecule has 0 saturated heterocycles. The van der Waals surface area contributed by atoms with E-state index in [0.29, 0.717) is 6.61 Å². The fourth-order valence-electron chi connectivity index (χ4n) is 6.67. The molecule has 0 aliphatic carbocycles. The van der Waals surface area contributed by atoms with E-state index in [0.717, 1.165) is 62.9 Å². The van der Waals surface area contributed by atoms with E-state index in [1.165, 1.54) is 141 Å². The monoisotopic (exact) mass is 898 g/mol. The zero-order valence-electron chi connectivity index (χ0n) is 33.6. The second kappa shape index (κ2) is 36.2. The summed E-state index contributed by atoms with van der Waals surface area (Å²) in [4.78, 5) is 13.5. The quantitative estimate of drug-likeness (QED) is 0.0351. The van der Waals surface area contributed by atoms with Crippen molar-refractivity contribution in [3.63, 3.8) is 0 Å².